The second kappa shape index (κ2) is 6.61. The fraction of sp³-hybridized carbons (Fsp3) is 0.211. The highest BCUT2D eigenvalue weighted by Gasteiger charge is 2.30. The Morgan fingerprint density at radius 3 is 2.73 bits per heavy atom. The molecule has 1 saturated carbocycles. The molecule has 0 saturated heterocycles. The summed E-state index contributed by atoms with van der Waals surface area (Å²) < 4.78 is 0. The molecule has 3 aromatic rings. The molecular formula is C19H18N4O3. The molecule has 132 valence electrons. The standard InChI is InChI=1S/C19H18N4O3/c1-26-23-19(25)14-4-2-3-12(9-14)13-7-8-15-16(10-13)21-22-17(15)20-18(24)11-5-6-11/h2-4,7-11H,5-6H2,1H3,(H,23,25)(H2,20,21,22,24). The van der Waals surface area contributed by atoms with Gasteiger partial charge in [-0.2, -0.15) is 5.10 Å². The Balaban J connectivity index is 1.62. The number of hydroxylamine groups is 1. The van der Waals surface area contributed by atoms with Crippen LogP contribution in [-0.4, -0.2) is 29.1 Å². The van der Waals surface area contributed by atoms with Crippen LogP contribution in [0.1, 0.15) is 23.2 Å². The number of carbonyl (C=O) groups is 2. The van der Waals surface area contributed by atoms with Crippen molar-refractivity contribution >= 4 is 28.5 Å². The van der Waals surface area contributed by atoms with Crippen molar-refractivity contribution in [2.24, 2.45) is 5.92 Å². The summed E-state index contributed by atoms with van der Waals surface area (Å²) in [7, 11) is 1.40. The third kappa shape index (κ3) is 3.16. The number of anilines is 1. The van der Waals surface area contributed by atoms with Gasteiger partial charge >= 0.3 is 0 Å². The number of hydrogen-bond acceptors (Lipinski definition) is 4. The maximum atomic E-state index is 11.9. The molecule has 3 N–H and O–H groups in total. The van der Waals surface area contributed by atoms with Crippen molar-refractivity contribution in [2.45, 2.75) is 12.8 Å². The average Bonchev–Trinajstić information content (AvgIpc) is 3.44. The SMILES string of the molecule is CONC(=O)c1cccc(-c2ccc3c(NC(=O)C4CC4)n[nH]c3c2)c1. The summed E-state index contributed by atoms with van der Waals surface area (Å²) in [5.41, 5.74) is 5.47. The molecule has 7 heteroatoms. The highest BCUT2D eigenvalue weighted by Crippen LogP contribution is 2.32. The van der Waals surface area contributed by atoms with Gasteiger partial charge in [-0.05, 0) is 48.2 Å². The van der Waals surface area contributed by atoms with Crippen LogP contribution in [0.25, 0.3) is 22.0 Å². The van der Waals surface area contributed by atoms with Crippen LogP contribution >= 0.6 is 0 Å². The van der Waals surface area contributed by atoms with E-state index >= 15 is 0 Å². The molecule has 1 aliphatic rings. The number of nitrogens with one attached hydrogen (secondary N) is 3. The summed E-state index contributed by atoms with van der Waals surface area (Å²) in [6.45, 7) is 0. The summed E-state index contributed by atoms with van der Waals surface area (Å²) in [6, 6.07) is 13.1. The highest BCUT2D eigenvalue weighted by atomic mass is 16.6. The van der Waals surface area contributed by atoms with Gasteiger partial charge in [-0.3, -0.25) is 19.5 Å². The van der Waals surface area contributed by atoms with Gasteiger partial charge in [0.1, 0.15) is 0 Å². The largest absolute Gasteiger partial charge is 0.308 e. The molecule has 1 fully saturated rings. The molecule has 1 aliphatic carbocycles. The van der Waals surface area contributed by atoms with Gasteiger partial charge < -0.3 is 5.32 Å². The molecular weight excluding hydrogens is 332 g/mol. The van der Waals surface area contributed by atoms with Crippen molar-refractivity contribution in [3.63, 3.8) is 0 Å². The summed E-state index contributed by atoms with van der Waals surface area (Å²) in [5.74, 6) is 0.403. The van der Waals surface area contributed by atoms with Crippen LogP contribution in [0, 0.1) is 5.92 Å². The maximum absolute atomic E-state index is 11.9. The average molecular weight is 350 g/mol. The van der Waals surface area contributed by atoms with Gasteiger partial charge in [0, 0.05) is 16.9 Å². The number of H-pyrrole nitrogens is 1. The summed E-state index contributed by atoms with van der Waals surface area (Å²) in [5, 5.41) is 10.9. The zero-order valence-electron chi connectivity index (χ0n) is 14.2. The number of aromatic amines is 1. The Bertz CT molecular complexity index is 991. The van der Waals surface area contributed by atoms with Gasteiger partial charge in [-0.25, -0.2) is 5.48 Å². The molecule has 0 radical (unpaired) electrons. The van der Waals surface area contributed by atoms with E-state index in [-0.39, 0.29) is 17.7 Å². The number of rotatable bonds is 5. The predicted octanol–water partition coefficient (Wildman–Crippen LogP) is 2.87. The molecule has 0 bridgehead atoms. The number of benzene rings is 2. The van der Waals surface area contributed by atoms with Crippen molar-refractivity contribution in [1.29, 1.82) is 0 Å². The molecule has 2 aromatic carbocycles. The van der Waals surface area contributed by atoms with Gasteiger partial charge in [0.05, 0.1) is 12.6 Å². The third-order valence-electron chi connectivity index (χ3n) is 4.41. The minimum absolute atomic E-state index is 0.0272. The van der Waals surface area contributed by atoms with Gasteiger partial charge in [0.15, 0.2) is 5.82 Å². The first kappa shape index (κ1) is 16.3. The van der Waals surface area contributed by atoms with Crippen molar-refractivity contribution in [1.82, 2.24) is 15.7 Å². The molecule has 4 rings (SSSR count). The van der Waals surface area contributed by atoms with Gasteiger partial charge in [0.25, 0.3) is 5.91 Å². The van der Waals surface area contributed by atoms with Crippen LogP contribution in [0.5, 0.6) is 0 Å². The minimum atomic E-state index is -0.304. The Morgan fingerprint density at radius 2 is 1.96 bits per heavy atom. The Hall–Kier alpha value is -3.19. The van der Waals surface area contributed by atoms with E-state index in [4.69, 9.17) is 0 Å². The second-order valence-corrected chi connectivity index (χ2v) is 6.31. The van der Waals surface area contributed by atoms with E-state index in [0.29, 0.717) is 11.4 Å². The zero-order chi connectivity index (χ0) is 18.1. The van der Waals surface area contributed by atoms with Gasteiger partial charge in [0.2, 0.25) is 5.91 Å². The number of hydrogen-bond donors (Lipinski definition) is 3. The van der Waals surface area contributed by atoms with Crippen LogP contribution in [0.3, 0.4) is 0 Å². The van der Waals surface area contributed by atoms with Crippen LogP contribution in [0.4, 0.5) is 5.82 Å². The molecule has 1 heterocycles. The number of amides is 2. The first-order chi connectivity index (χ1) is 12.7. The lowest BCUT2D eigenvalue weighted by Gasteiger charge is -2.06. The Labute approximate surface area is 149 Å². The highest BCUT2D eigenvalue weighted by molar-refractivity contribution is 6.02. The van der Waals surface area contributed by atoms with E-state index in [1.165, 1.54) is 7.11 Å². The van der Waals surface area contributed by atoms with Crippen molar-refractivity contribution in [3.05, 3.63) is 48.0 Å². The fourth-order valence-corrected chi connectivity index (χ4v) is 2.85. The molecule has 26 heavy (non-hydrogen) atoms. The van der Waals surface area contributed by atoms with Crippen molar-refractivity contribution < 1.29 is 14.4 Å². The Morgan fingerprint density at radius 1 is 1.15 bits per heavy atom. The monoisotopic (exact) mass is 350 g/mol. The van der Waals surface area contributed by atoms with E-state index in [1.54, 1.807) is 12.1 Å². The smallest absolute Gasteiger partial charge is 0.274 e. The van der Waals surface area contributed by atoms with Crippen molar-refractivity contribution in [3.8, 4) is 11.1 Å². The molecule has 0 atom stereocenters. The second-order valence-electron chi connectivity index (χ2n) is 6.31. The van der Waals surface area contributed by atoms with E-state index < -0.39 is 0 Å². The third-order valence-corrected chi connectivity index (χ3v) is 4.41. The zero-order valence-corrected chi connectivity index (χ0v) is 14.2. The maximum Gasteiger partial charge on any atom is 0.274 e. The quantitative estimate of drug-likeness (QED) is 0.617. The van der Waals surface area contributed by atoms with Gasteiger partial charge in [-0.1, -0.05) is 18.2 Å². The molecule has 0 aliphatic heterocycles. The predicted molar refractivity (Wildman–Crippen MR) is 97.4 cm³/mol. The minimum Gasteiger partial charge on any atom is -0.308 e. The summed E-state index contributed by atoms with van der Waals surface area (Å²) in [4.78, 5) is 28.5. The van der Waals surface area contributed by atoms with E-state index in [1.807, 2.05) is 30.3 Å². The number of aromatic nitrogens is 2. The molecule has 1 aromatic heterocycles. The van der Waals surface area contributed by atoms with Crippen LogP contribution in [-0.2, 0) is 9.63 Å². The molecule has 7 nitrogen and oxygen atoms in total. The van der Waals surface area contributed by atoms with Crippen LogP contribution in [0.2, 0.25) is 0 Å². The lowest BCUT2D eigenvalue weighted by molar-refractivity contribution is -0.117. The first-order valence-corrected chi connectivity index (χ1v) is 8.38. The first-order valence-electron chi connectivity index (χ1n) is 8.38. The number of carbonyl (C=O) groups excluding carboxylic acids is 2. The van der Waals surface area contributed by atoms with E-state index in [9.17, 15) is 9.59 Å². The van der Waals surface area contributed by atoms with Crippen LogP contribution < -0.4 is 10.8 Å². The van der Waals surface area contributed by atoms with Gasteiger partial charge in [-0.15, -0.1) is 0 Å². The topological polar surface area (TPSA) is 96.1 Å². The molecule has 0 spiro atoms. The molecule has 2 amide bonds. The van der Waals surface area contributed by atoms with Crippen molar-refractivity contribution in [2.75, 3.05) is 12.4 Å². The summed E-state index contributed by atoms with van der Waals surface area (Å²) in [6.07, 6.45) is 1.90. The molecule has 0 unspecified atom stereocenters. The summed E-state index contributed by atoms with van der Waals surface area (Å²) >= 11 is 0. The van der Waals surface area contributed by atoms with E-state index in [2.05, 4.69) is 25.8 Å². The Kier molecular flexibility index (Phi) is 4.14. The number of nitrogens with zero attached hydrogens (tertiary/aromatic N) is 1. The van der Waals surface area contributed by atoms with E-state index in [0.717, 1.165) is 34.9 Å². The number of fused-ring (bicyclic) bond motifs is 1. The fourth-order valence-electron chi connectivity index (χ4n) is 2.85. The lowest BCUT2D eigenvalue weighted by Crippen LogP contribution is -2.21. The normalized spacial score (nSPS) is 13.6. The lowest BCUT2D eigenvalue weighted by atomic mass is 10.0. The van der Waals surface area contributed by atoms with Crippen LogP contribution in [0.15, 0.2) is 42.5 Å².